The molecule has 0 saturated heterocycles. The summed E-state index contributed by atoms with van der Waals surface area (Å²) >= 11 is 0. The van der Waals surface area contributed by atoms with Crippen LogP contribution in [0.2, 0.25) is 0 Å². The molecule has 1 aromatic rings. The average molecular weight is 219 g/mol. The van der Waals surface area contributed by atoms with Crippen LogP contribution in [0.5, 0.6) is 0 Å². The molecule has 1 aromatic heterocycles. The van der Waals surface area contributed by atoms with E-state index in [4.69, 9.17) is 0 Å². The van der Waals surface area contributed by atoms with Crippen LogP contribution < -0.4 is 5.32 Å². The van der Waals surface area contributed by atoms with Gasteiger partial charge < -0.3 is 4.90 Å². The van der Waals surface area contributed by atoms with Crippen LogP contribution in [0.25, 0.3) is 0 Å². The summed E-state index contributed by atoms with van der Waals surface area (Å²) in [6.45, 7) is 7.12. The number of carbonyl (C=O) groups excluding carboxylic acids is 1. The first-order valence-corrected chi connectivity index (χ1v) is 5.40. The van der Waals surface area contributed by atoms with Crippen LogP contribution in [-0.4, -0.2) is 23.0 Å². The number of pyridine rings is 1. The number of nitrogens with zero attached hydrogens (tertiary/aromatic N) is 2. The molecule has 0 radical (unpaired) electrons. The zero-order chi connectivity index (χ0) is 11.9. The second-order valence-corrected chi connectivity index (χ2v) is 5.22. The maximum Gasteiger partial charge on any atom is 0.323 e. The van der Waals surface area contributed by atoms with Crippen molar-refractivity contribution in [2.75, 3.05) is 12.4 Å². The summed E-state index contributed by atoms with van der Waals surface area (Å²) in [6.07, 6.45) is 1.75. The van der Waals surface area contributed by atoms with Gasteiger partial charge in [0.25, 0.3) is 0 Å². The Balaban J connectivity index is 2.53. The number of carbonyl (C=O) groups is 1. The first-order valence-electron chi connectivity index (χ1n) is 5.40. The molecule has 86 valence electrons. The zero-order valence-electron chi connectivity index (χ0n) is 10.2. The van der Waals surface area contributed by atoms with E-state index in [1.165, 1.54) is 5.56 Å². The Kier molecular flexibility index (Phi) is 2.37. The molecule has 0 saturated carbocycles. The number of urea groups is 1. The van der Waals surface area contributed by atoms with Crippen LogP contribution in [0.1, 0.15) is 31.9 Å². The lowest BCUT2D eigenvalue weighted by Gasteiger charge is -2.30. The zero-order valence-corrected chi connectivity index (χ0v) is 10.2. The Morgan fingerprint density at radius 1 is 1.44 bits per heavy atom. The number of nitrogens with one attached hydrogen (secondary N) is 1. The van der Waals surface area contributed by atoms with Crippen molar-refractivity contribution in [2.24, 2.45) is 0 Å². The fourth-order valence-corrected chi connectivity index (χ4v) is 1.97. The summed E-state index contributed by atoms with van der Waals surface area (Å²) in [5.74, 6) is 0.704. The second kappa shape index (κ2) is 3.47. The van der Waals surface area contributed by atoms with Crippen LogP contribution in [-0.2, 0) is 12.0 Å². The molecular formula is C12H17N3O. The van der Waals surface area contributed by atoms with Gasteiger partial charge in [-0.1, -0.05) is 20.8 Å². The number of aromatic nitrogens is 1. The molecule has 2 rings (SSSR count). The summed E-state index contributed by atoms with van der Waals surface area (Å²) in [5, 5.41) is 2.80. The van der Waals surface area contributed by atoms with Crippen LogP contribution >= 0.6 is 0 Å². The van der Waals surface area contributed by atoms with E-state index >= 15 is 0 Å². The lowest BCUT2D eigenvalue weighted by molar-refractivity contribution is 0.218. The van der Waals surface area contributed by atoms with E-state index in [9.17, 15) is 4.79 Å². The maximum absolute atomic E-state index is 11.5. The largest absolute Gasteiger partial charge is 0.323 e. The third-order valence-electron chi connectivity index (χ3n) is 2.83. The van der Waals surface area contributed by atoms with Gasteiger partial charge in [-0.25, -0.2) is 9.78 Å². The first-order chi connectivity index (χ1) is 7.39. The number of anilines is 1. The molecule has 4 heteroatoms. The van der Waals surface area contributed by atoms with Gasteiger partial charge >= 0.3 is 6.03 Å². The van der Waals surface area contributed by atoms with Crippen molar-refractivity contribution >= 4 is 11.8 Å². The fraction of sp³-hybridized carbons (Fsp3) is 0.500. The predicted molar refractivity (Wildman–Crippen MR) is 63.4 cm³/mol. The van der Waals surface area contributed by atoms with E-state index in [2.05, 4.69) is 31.1 Å². The Morgan fingerprint density at radius 2 is 2.12 bits per heavy atom. The second-order valence-electron chi connectivity index (χ2n) is 5.22. The molecule has 1 aliphatic heterocycles. The number of amides is 2. The van der Waals surface area contributed by atoms with Crippen molar-refractivity contribution in [3.63, 3.8) is 0 Å². The molecule has 2 heterocycles. The third-order valence-corrected chi connectivity index (χ3v) is 2.83. The molecule has 4 nitrogen and oxygen atoms in total. The van der Waals surface area contributed by atoms with Gasteiger partial charge in [-0.05, 0) is 17.0 Å². The molecular weight excluding hydrogens is 202 g/mol. The van der Waals surface area contributed by atoms with Gasteiger partial charge in [-0.3, -0.25) is 5.32 Å². The quantitative estimate of drug-likeness (QED) is 0.728. The predicted octanol–water partition coefficient (Wildman–Crippen LogP) is 2.36. The number of fused-ring (bicyclic) bond motifs is 1. The molecule has 0 spiro atoms. The number of hydrogen-bond donors (Lipinski definition) is 1. The van der Waals surface area contributed by atoms with Gasteiger partial charge in [0, 0.05) is 18.8 Å². The van der Waals surface area contributed by atoms with Crippen LogP contribution in [0, 0.1) is 0 Å². The Morgan fingerprint density at radius 3 is 2.75 bits per heavy atom. The van der Waals surface area contributed by atoms with Gasteiger partial charge in [0.2, 0.25) is 0 Å². The minimum Gasteiger partial charge on any atom is -0.323 e. The SMILES string of the molecule is CN1Cc2c(C(C)(C)C)ccnc2NC1=O. The summed E-state index contributed by atoms with van der Waals surface area (Å²) in [7, 11) is 1.79. The molecule has 2 amide bonds. The van der Waals surface area contributed by atoms with E-state index in [0.717, 1.165) is 5.56 Å². The minimum absolute atomic E-state index is 0.0654. The molecule has 0 bridgehead atoms. The molecule has 0 aromatic carbocycles. The highest BCUT2D eigenvalue weighted by Gasteiger charge is 2.26. The van der Waals surface area contributed by atoms with Gasteiger partial charge in [0.15, 0.2) is 0 Å². The summed E-state index contributed by atoms with van der Waals surface area (Å²) in [6, 6.07) is 1.94. The Labute approximate surface area is 95.7 Å². The van der Waals surface area contributed by atoms with E-state index in [1.807, 2.05) is 6.07 Å². The molecule has 16 heavy (non-hydrogen) atoms. The average Bonchev–Trinajstić information content (AvgIpc) is 2.17. The van der Waals surface area contributed by atoms with Gasteiger partial charge in [0.1, 0.15) is 5.82 Å². The maximum atomic E-state index is 11.5. The van der Waals surface area contributed by atoms with E-state index < -0.39 is 0 Å². The lowest BCUT2D eigenvalue weighted by Crippen LogP contribution is -2.37. The molecule has 0 fully saturated rings. The number of rotatable bonds is 0. The van der Waals surface area contributed by atoms with Crippen molar-refractivity contribution in [2.45, 2.75) is 32.7 Å². The third kappa shape index (κ3) is 1.75. The number of hydrogen-bond acceptors (Lipinski definition) is 2. The van der Waals surface area contributed by atoms with Crippen LogP contribution in [0.15, 0.2) is 12.3 Å². The van der Waals surface area contributed by atoms with Crippen molar-refractivity contribution in [3.8, 4) is 0 Å². The topological polar surface area (TPSA) is 45.2 Å². The van der Waals surface area contributed by atoms with Gasteiger partial charge in [0.05, 0.1) is 6.54 Å². The van der Waals surface area contributed by atoms with Crippen molar-refractivity contribution in [1.82, 2.24) is 9.88 Å². The van der Waals surface area contributed by atoms with Crippen LogP contribution in [0.4, 0.5) is 10.6 Å². The molecule has 1 aliphatic rings. The van der Waals surface area contributed by atoms with E-state index in [1.54, 1.807) is 18.1 Å². The highest BCUT2D eigenvalue weighted by atomic mass is 16.2. The van der Waals surface area contributed by atoms with Gasteiger partial charge in [-0.15, -0.1) is 0 Å². The highest BCUT2D eigenvalue weighted by Crippen LogP contribution is 2.31. The monoisotopic (exact) mass is 219 g/mol. The van der Waals surface area contributed by atoms with Crippen LogP contribution in [0.3, 0.4) is 0 Å². The summed E-state index contributed by atoms with van der Waals surface area (Å²) in [4.78, 5) is 17.4. The van der Waals surface area contributed by atoms with Gasteiger partial charge in [-0.2, -0.15) is 0 Å². The summed E-state index contributed by atoms with van der Waals surface area (Å²) < 4.78 is 0. The van der Waals surface area contributed by atoms with Crippen molar-refractivity contribution < 1.29 is 4.79 Å². The lowest BCUT2D eigenvalue weighted by atomic mass is 9.84. The molecule has 0 aliphatic carbocycles. The van der Waals surface area contributed by atoms with Crippen molar-refractivity contribution in [3.05, 3.63) is 23.4 Å². The minimum atomic E-state index is -0.0916. The summed E-state index contributed by atoms with van der Waals surface area (Å²) in [5.41, 5.74) is 2.43. The standard InChI is InChI=1S/C12H17N3O/c1-12(2,3)9-5-6-13-10-8(9)7-15(4)11(16)14-10/h5-6H,7H2,1-4H3,(H,13,14,16). The first kappa shape index (κ1) is 10.9. The van der Waals surface area contributed by atoms with Crippen molar-refractivity contribution in [1.29, 1.82) is 0 Å². The Bertz CT molecular complexity index is 434. The smallest absolute Gasteiger partial charge is 0.323 e. The van der Waals surface area contributed by atoms with E-state index in [0.29, 0.717) is 12.4 Å². The highest BCUT2D eigenvalue weighted by molar-refractivity contribution is 5.91. The normalized spacial score (nSPS) is 15.8. The Hall–Kier alpha value is -1.58. The fourth-order valence-electron chi connectivity index (χ4n) is 1.97. The molecule has 0 unspecified atom stereocenters. The molecule has 0 atom stereocenters. The van der Waals surface area contributed by atoms with E-state index in [-0.39, 0.29) is 11.4 Å². The molecule has 1 N–H and O–H groups in total.